The van der Waals surface area contributed by atoms with Gasteiger partial charge in [0, 0.05) is 0 Å². The first-order valence-electron chi connectivity index (χ1n) is 3.18. The molecule has 0 bridgehead atoms. The normalized spacial score (nSPS) is 13.0. The molecule has 1 atom stereocenters. The average molecular weight is 145 g/mol. The highest BCUT2D eigenvalue weighted by Crippen LogP contribution is 1.95. The van der Waals surface area contributed by atoms with Crippen molar-refractivity contribution in [2.75, 3.05) is 6.54 Å². The van der Waals surface area contributed by atoms with Crippen molar-refractivity contribution in [1.29, 1.82) is 0 Å². The van der Waals surface area contributed by atoms with Crippen LogP contribution in [-0.2, 0) is 4.79 Å². The second-order valence-electron chi connectivity index (χ2n) is 2.05. The molecule has 59 valence electrons. The van der Waals surface area contributed by atoms with E-state index in [4.69, 9.17) is 16.6 Å². The Balaban J connectivity index is 3.21. The molecule has 1 unspecified atom stereocenters. The summed E-state index contributed by atoms with van der Waals surface area (Å²) in [6.07, 6.45) is 2.91. The van der Waals surface area contributed by atoms with Crippen molar-refractivity contribution in [1.82, 2.24) is 0 Å². The van der Waals surface area contributed by atoms with Crippen molar-refractivity contribution in [3.63, 3.8) is 0 Å². The maximum atomic E-state index is 10.1. The molecular formula is C6H13N2O2. The van der Waals surface area contributed by atoms with Gasteiger partial charge in [-0.15, -0.1) is 0 Å². The van der Waals surface area contributed by atoms with Gasteiger partial charge < -0.3 is 16.6 Å². The van der Waals surface area contributed by atoms with E-state index in [9.17, 15) is 4.79 Å². The summed E-state index contributed by atoms with van der Waals surface area (Å²) in [7, 11) is 0. The van der Waals surface area contributed by atoms with Gasteiger partial charge in [-0.05, 0) is 25.8 Å². The molecule has 0 rings (SSSR count). The Morgan fingerprint density at radius 2 is 2.30 bits per heavy atom. The molecule has 0 aromatic rings. The van der Waals surface area contributed by atoms with Gasteiger partial charge in [0.15, 0.2) is 0 Å². The summed E-state index contributed by atoms with van der Waals surface area (Å²) >= 11 is 0. The molecule has 0 aliphatic rings. The van der Waals surface area contributed by atoms with Crippen LogP contribution in [0.4, 0.5) is 0 Å². The van der Waals surface area contributed by atoms with Gasteiger partial charge in [-0.2, -0.15) is 0 Å². The van der Waals surface area contributed by atoms with E-state index in [2.05, 4.69) is 0 Å². The second kappa shape index (κ2) is 5.20. The zero-order chi connectivity index (χ0) is 7.98. The van der Waals surface area contributed by atoms with Crippen molar-refractivity contribution in [2.24, 2.45) is 11.5 Å². The van der Waals surface area contributed by atoms with Crippen LogP contribution in [0.25, 0.3) is 0 Å². The Hall–Kier alpha value is -0.610. The lowest BCUT2D eigenvalue weighted by Crippen LogP contribution is -2.30. The first-order valence-corrected chi connectivity index (χ1v) is 3.18. The number of aliphatic carboxylic acids is 1. The average Bonchev–Trinajstić information content (AvgIpc) is 1.88. The monoisotopic (exact) mass is 145 g/mol. The maximum Gasteiger partial charge on any atom is 0.320 e. The van der Waals surface area contributed by atoms with Crippen LogP contribution < -0.4 is 11.5 Å². The standard InChI is InChI=1S/C6H13N2O2/c7-4-2-1-3-5(8)6(9)10/h1,5H,2-4,7-8H2,(H,9,10). The van der Waals surface area contributed by atoms with E-state index in [1.165, 1.54) is 0 Å². The highest BCUT2D eigenvalue weighted by molar-refractivity contribution is 5.73. The van der Waals surface area contributed by atoms with Crippen LogP contribution in [-0.4, -0.2) is 23.7 Å². The smallest absolute Gasteiger partial charge is 0.320 e. The first kappa shape index (κ1) is 9.39. The summed E-state index contributed by atoms with van der Waals surface area (Å²) in [6.45, 7) is 0.548. The fourth-order valence-corrected chi connectivity index (χ4v) is 0.516. The third kappa shape index (κ3) is 4.29. The lowest BCUT2D eigenvalue weighted by Gasteiger charge is -2.03. The number of hydrogen-bond acceptors (Lipinski definition) is 3. The van der Waals surface area contributed by atoms with Gasteiger partial charge in [0.05, 0.1) is 0 Å². The third-order valence-corrected chi connectivity index (χ3v) is 1.11. The molecule has 5 N–H and O–H groups in total. The fraction of sp³-hybridized carbons (Fsp3) is 0.667. The molecule has 0 amide bonds. The lowest BCUT2D eigenvalue weighted by molar-refractivity contribution is -0.138. The third-order valence-electron chi connectivity index (χ3n) is 1.11. The second-order valence-corrected chi connectivity index (χ2v) is 2.05. The molecule has 10 heavy (non-hydrogen) atoms. The van der Waals surface area contributed by atoms with Crippen LogP contribution in [0, 0.1) is 6.42 Å². The minimum absolute atomic E-state index is 0.395. The summed E-state index contributed by atoms with van der Waals surface area (Å²) in [5, 5.41) is 8.31. The molecule has 0 aromatic carbocycles. The number of carbonyl (C=O) groups is 1. The molecule has 4 nitrogen and oxygen atoms in total. The Morgan fingerprint density at radius 3 is 2.70 bits per heavy atom. The van der Waals surface area contributed by atoms with E-state index >= 15 is 0 Å². The van der Waals surface area contributed by atoms with E-state index in [1.807, 2.05) is 0 Å². The summed E-state index contributed by atoms with van der Waals surface area (Å²) in [4.78, 5) is 10.1. The highest BCUT2D eigenvalue weighted by atomic mass is 16.4. The first-order chi connectivity index (χ1) is 4.68. The van der Waals surface area contributed by atoms with Crippen LogP contribution in [0.1, 0.15) is 12.8 Å². The van der Waals surface area contributed by atoms with Gasteiger partial charge in [0.1, 0.15) is 6.04 Å². The SMILES string of the molecule is NCC[CH]CC(N)C(=O)O. The molecule has 0 aliphatic heterocycles. The molecule has 0 fully saturated rings. The molecule has 0 heterocycles. The molecule has 1 radical (unpaired) electrons. The van der Waals surface area contributed by atoms with Crippen LogP contribution in [0.5, 0.6) is 0 Å². The summed E-state index contributed by atoms with van der Waals surface area (Å²) in [5.41, 5.74) is 10.4. The molecule has 0 aliphatic carbocycles. The quantitative estimate of drug-likeness (QED) is 0.448. The number of unbranched alkanes of at least 4 members (excludes halogenated alkanes) is 1. The summed E-state index contributed by atoms with van der Waals surface area (Å²) < 4.78 is 0. The number of hydrogen-bond donors (Lipinski definition) is 3. The van der Waals surface area contributed by atoms with Crippen molar-refractivity contribution in [3.8, 4) is 0 Å². The van der Waals surface area contributed by atoms with Crippen LogP contribution in [0.15, 0.2) is 0 Å². The number of carboxylic acids is 1. The topological polar surface area (TPSA) is 89.3 Å². The van der Waals surface area contributed by atoms with Gasteiger partial charge >= 0.3 is 5.97 Å². The Labute approximate surface area is 60.2 Å². The van der Waals surface area contributed by atoms with Crippen LogP contribution in [0.2, 0.25) is 0 Å². The van der Waals surface area contributed by atoms with E-state index in [0.29, 0.717) is 13.0 Å². The van der Waals surface area contributed by atoms with E-state index in [1.54, 1.807) is 6.42 Å². The molecule has 0 spiro atoms. The lowest BCUT2D eigenvalue weighted by atomic mass is 10.1. The van der Waals surface area contributed by atoms with Gasteiger partial charge in [0.2, 0.25) is 0 Å². The summed E-state index contributed by atoms with van der Waals surface area (Å²) in [6, 6.07) is -0.772. The van der Waals surface area contributed by atoms with E-state index in [-0.39, 0.29) is 0 Å². The largest absolute Gasteiger partial charge is 0.480 e. The van der Waals surface area contributed by atoms with Gasteiger partial charge in [-0.3, -0.25) is 4.79 Å². The van der Waals surface area contributed by atoms with Gasteiger partial charge in [-0.1, -0.05) is 0 Å². The predicted octanol–water partition coefficient (Wildman–Crippen LogP) is -0.659. The van der Waals surface area contributed by atoms with E-state index in [0.717, 1.165) is 6.42 Å². The molecule has 4 heteroatoms. The minimum atomic E-state index is -0.965. The fourth-order valence-electron chi connectivity index (χ4n) is 0.516. The van der Waals surface area contributed by atoms with Crippen molar-refractivity contribution in [2.45, 2.75) is 18.9 Å². The Kier molecular flexibility index (Phi) is 4.88. The molecule has 0 saturated heterocycles. The zero-order valence-electron chi connectivity index (χ0n) is 5.79. The maximum absolute atomic E-state index is 10.1. The van der Waals surface area contributed by atoms with Crippen LogP contribution >= 0.6 is 0 Å². The van der Waals surface area contributed by atoms with Crippen LogP contribution in [0.3, 0.4) is 0 Å². The summed E-state index contributed by atoms with van der Waals surface area (Å²) in [5.74, 6) is -0.965. The van der Waals surface area contributed by atoms with Gasteiger partial charge in [-0.25, -0.2) is 0 Å². The van der Waals surface area contributed by atoms with Crippen molar-refractivity contribution < 1.29 is 9.90 Å². The van der Waals surface area contributed by atoms with E-state index < -0.39 is 12.0 Å². The predicted molar refractivity (Wildman–Crippen MR) is 38.2 cm³/mol. The van der Waals surface area contributed by atoms with Crippen molar-refractivity contribution in [3.05, 3.63) is 6.42 Å². The Morgan fingerprint density at radius 1 is 1.70 bits per heavy atom. The number of carboxylic acid groups (broad SMARTS) is 1. The van der Waals surface area contributed by atoms with Crippen molar-refractivity contribution >= 4 is 5.97 Å². The molecular weight excluding hydrogens is 132 g/mol. The zero-order valence-corrected chi connectivity index (χ0v) is 5.79. The highest BCUT2D eigenvalue weighted by Gasteiger charge is 2.09. The van der Waals surface area contributed by atoms with Gasteiger partial charge in [0.25, 0.3) is 0 Å². The Bertz CT molecular complexity index is 106. The molecule has 0 aromatic heterocycles. The number of nitrogens with two attached hydrogens (primary N) is 2. The number of rotatable bonds is 5. The minimum Gasteiger partial charge on any atom is -0.480 e. The molecule has 0 saturated carbocycles.